The Bertz CT molecular complexity index is 753. The summed E-state index contributed by atoms with van der Waals surface area (Å²) in [5.74, 6) is 2.70. The van der Waals surface area contributed by atoms with Crippen molar-refractivity contribution in [3.63, 3.8) is 0 Å². The van der Waals surface area contributed by atoms with Gasteiger partial charge >= 0.3 is 0 Å². The molecule has 0 aliphatic carbocycles. The highest BCUT2D eigenvalue weighted by molar-refractivity contribution is 14.0. The molecule has 0 radical (unpaired) electrons. The predicted molar refractivity (Wildman–Crippen MR) is 118 cm³/mol. The summed E-state index contributed by atoms with van der Waals surface area (Å²) in [5.41, 5.74) is 1.94. The normalized spacial score (nSPS) is 11.7. The van der Waals surface area contributed by atoms with Crippen molar-refractivity contribution >= 4 is 29.9 Å². The fourth-order valence-corrected chi connectivity index (χ4v) is 2.30. The number of rotatable bonds is 6. The molecule has 8 heteroatoms. The number of ether oxygens (including phenoxy) is 1. The van der Waals surface area contributed by atoms with Gasteiger partial charge in [-0.15, -0.1) is 24.0 Å². The van der Waals surface area contributed by atoms with Crippen molar-refractivity contribution in [2.75, 3.05) is 6.54 Å². The molecular formula is C19H30IN5O2. The highest BCUT2D eigenvalue weighted by atomic mass is 127. The van der Waals surface area contributed by atoms with Gasteiger partial charge in [0, 0.05) is 19.0 Å². The molecule has 0 amide bonds. The van der Waals surface area contributed by atoms with Crippen molar-refractivity contribution in [3.05, 3.63) is 41.0 Å². The Morgan fingerprint density at radius 3 is 2.56 bits per heavy atom. The number of halogens is 1. The number of aromatic nitrogens is 2. The van der Waals surface area contributed by atoms with Gasteiger partial charge in [-0.25, -0.2) is 4.99 Å². The fraction of sp³-hybridized carbons (Fsp3) is 0.526. The van der Waals surface area contributed by atoms with E-state index >= 15 is 0 Å². The lowest BCUT2D eigenvalue weighted by Gasteiger charge is -2.23. The van der Waals surface area contributed by atoms with Gasteiger partial charge in [-0.3, -0.25) is 0 Å². The van der Waals surface area contributed by atoms with E-state index in [-0.39, 0.29) is 29.6 Å². The third-order valence-corrected chi connectivity index (χ3v) is 3.37. The Morgan fingerprint density at radius 2 is 1.96 bits per heavy atom. The van der Waals surface area contributed by atoms with Crippen molar-refractivity contribution in [1.82, 2.24) is 20.8 Å². The lowest BCUT2D eigenvalue weighted by atomic mass is 10.1. The standard InChI is InChI=1S/C19H29N5O2.HI/c1-7-20-18(22-12-17-23-14(3)26-24-17)21-11-15-9-8-13(2)10-16(15)25-19(4,5)6;/h8-10H,7,11-12H2,1-6H3,(H2,20,21,22);1H. The van der Waals surface area contributed by atoms with Crippen LogP contribution in [0.1, 0.15) is 50.5 Å². The molecule has 0 fully saturated rings. The summed E-state index contributed by atoms with van der Waals surface area (Å²) in [7, 11) is 0. The van der Waals surface area contributed by atoms with Crippen LogP contribution in [0.15, 0.2) is 27.7 Å². The summed E-state index contributed by atoms with van der Waals surface area (Å²) < 4.78 is 11.1. The molecule has 0 atom stereocenters. The van der Waals surface area contributed by atoms with E-state index in [0.717, 1.165) is 23.4 Å². The zero-order valence-corrected chi connectivity index (χ0v) is 19.3. The van der Waals surface area contributed by atoms with Gasteiger partial charge in [0.25, 0.3) is 0 Å². The summed E-state index contributed by atoms with van der Waals surface area (Å²) in [6.07, 6.45) is 0. The first-order valence-electron chi connectivity index (χ1n) is 8.86. The second kappa shape index (κ2) is 10.5. The molecule has 150 valence electrons. The maximum atomic E-state index is 6.10. The van der Waals surface area contributed by atoms with Crippen LogP contribution in [0.25, 0.3) is 0 Å². The fourth-order valence-electron chi connectivity index (χ4n) is 2.30. The van der Waals surface area contributed by atoms with Gasteiger partial charge in [-0.2, -0.15) is 4.98 Å². The minimum Gasteiger partial charge on any atom is -0.488 e. The molecule has 0 saturated carbocycles. The summed E-state index contributed by atoms with van der Waals surface area (Å²) in [5, 5.41) is 10.3. The molecule has 27 heavy (non-hydrogen) atoms. The molecule has 1 aromatic heterocycles. The first-order valence-corrected chi connectivity index (χ1v) is 8.86. The molecule has 1 aromatic carbocycles. The van der Waals surface area contributed by atoms with Crippen LogP contribution in [-0.2, 0) is 13.1 Å². The molecule has 2 aromatic rings. The molecule has 0 aliphatic heterocycles. The molecule has 0 bridgehead atoms. The SMILES string of the molecule is CCNC(=NCc1ccc(C)cc1OC(C)(C)C)NCc1noc(C)n1.I. The monoisotopic (exact) mass is 487 g/mol. The van der Waals surface area contributed by atoms with Crippen molar-refractivity contribution in [2.24, 2.45) is 4.99 Å². The van der Waals surface area contributed by atoms with Crippen LogP contribution in [0.5, 0.6) is 5.75 Å². The Balaban J connectivity index is 0.00000364. The largest absolute Gasteiger partial charge is 0.488 e. The first-order chi connectivity index (χ1) is 12.3. The molecule has 0 aliphatic rings. The molecule has 1 heterocycles. The summed E-state index contributed by atoms with van der Waals surface area (Å²) in [6.45, 7) is 13.7. The number of guanidine groups is 1. The van der Waals surface area contributed by atoms with Gasteiger partial charge < -0.3 is 19.9 Å². The minimum atomic E-state index is -0.258. The summed E-state index contributed by atoms with van der Waals surface area (Å²) >= 11 is 0. The van der Waals surface area contributed by atoms with E-state index in [4.69, 9.17) is 9.26 Å². The van der Waals surface area contributed by atoms with E-state index in [1.807, 2.05) is 27.7 Å². The van der Waals surface area contributed by atoms with Crippen LogP contribution in [0.3, 0.4) is 0 Å². The second-order valence-corrected chi connectivity index (χ2v) is 7.10. The Labute approximate surface area is 178 Å². The Kier molecular flexibility index (Phi) is 9.01. The highest BCUT2D eigenvalue weighted by Gasteiger charge is 2.15. The van der Waals surface area contributed by atoms with Crippen LogP contribution in [0.4, 0.5) is 0 Å². The summed E-state index contributed by atoms with van der Waals surface area (Å²) in [4.78, 5) is 8.84. The molecule has 7 nitrogen and oxygen atoms in total. The van der Waals surface area contributed by atoms with E-state index < -0.39 is 0 Å². The van der Waals surface area contributed by atoms with Crippen molar-refractivity contribution in [2.45, 2.75) is 60.2 Å². The van der Waals surface area contributed by atoms with E-state index in [0.29, 0.717) is 30.8 Å². The maximum Gasteiger partial charge on any atom is 0.223 e. The first kappa shape index (κ1) is 23.2. The Hall–Kier alpha value is -1.84. The maximum absolute atomic E-state index is 6.10. The number of aliphatic imine (C=N–C) groups is 1. The van der Waals surface area contributed by atoms with Crippen LogP contribution >= 0.6 is 24.0 Å². The zero-order valence-electron chi connectivity index (χ0n) is 16.9. The topological polar surface area (TPSA) is 84.6 Å². The van der Waals surface area contributed by atoms with Crippen molar-refractivity contribution in [1.29, 1.82) is 0 Å². The molecule has 0 saturated heterocycles. The highest BCUT2D eigenvalue weighted by Crippen LogP contribution is 2.25. The number of aryl methyl sites for hydroxylation is 2. The molecular weight excluding hydrogens is 457 g/mol. The van der Waals surface area contributed by atoms with Crippen molar-refractivity contribution < 1.29 is 9.26 Å². The lowest BCUT2D eigenvalue weighted by Crippen LogP contribution is -2.37. The third-order valence-electron chi connectivity index (χ3n) is 3.37. The van der Waals surface area contributed by atoms with Crippen molar-refractivity contribution in [3.8, 4) is 5.75 Å². The Morgan fingerprint density at radius 1 is 1.22 bits per heavy atom. The number of hydrogen-bond donors (Lipinski definition) is 2. The quantitative estimate of drug-likeness (QED) is 0.367. The molecule has 2 N–H and O–H groups in total. The van der Waals surface area contributed by atoms with Crippen LogP contribution in [0.2, 0.25) is 0 Å². The van der Waals surface area contributed by atoms with Gasteiger partial charge in [0.05, 0.1) is 13.1 Å². The van der Waals surface area contributed by atoms with Crippen LogP contribution in [0, 0.1) is 13.8 Å². The van der Waals surface area contributed by atoms with E-state index in [9.17, 15) is 0 Å². The molecule has 0 unspecified atom stereocenters. The number of hydrogen-bond acceptors (Lipinski definition) is 5. The predicted octanol–water partition coefficient (Wildman–Crippen LogP) is 3.74. The third kappa shape index (κ3) is 8.15. The van der Waals surface area contributed by atoms with Gasteiger partial charge in [-0.1, -0.05) is 17.3 Å². The second-order valence-electron chi connectivity index (χ2n) is 7.10. The van der Waals surface area contributed by atoms with E-state index in [1.165, 1.54) is 0 Å². The van der Waals surface area contributed by atoms with Gasteiger partial charge in [0.2, 0.25) is 5.89 Å². The average molecular weight is 487 g/mol. The van der Waals surface area contributed by atoms with E-state index in [1.54, 1.807) is 6.92 Å². The van der Waals surface area contributed by atoms with Crippen LogP contribution in [-0.4, -0.2) is 28.2 Å². The number of nitrogens with one attached hydrogen (secondary N) is 2. The smallest absolute Gasteiger partial charge is 0.223 e. The van der Waals surface area contributed by atoms with E-state index in [2.05, 4.69) is 50.9 Å². The molecule has 0 spiro atoms. The minimum absolute atomic E-state index is 0. The average Bonchev–Trinajstić information content (AvgIpc) is 2.95. The zero-order chi connectivity index (χ0) is 19.2. The van der Waals surface area contributed by atoms with Crippen LogP contribution < -0.4 is 15.4 Å². The van der Waals surface area contributed by atoms with Gasteiger partial charge in [0.15, 0.2) is 11.8 Å². The lowest BCUT2D eigenvalue weighted by molar-refractivity contribution is 0.129. The van der Waals surface area contributed by atoms with Gasteiger partial charge in [-0.05, 0) is 46.2 Å². The number of nitrogens with zero attached hydrogens (tertiary/aromatic N) is 3. The van der Waals surface area contributed by atoms with Gasteiger partial charge in [0.1, 0.15) is 11.4 Å². The summed E-state index contributed by atoms with van der Waals surface area (Å²) in [6, 6.07) is 6.19. The molecule has 2 rings (SSSR count). The number of benzene rings is 1.